The van der Waals surface area contributed by atoms with Crippen LogP contribution < -0.4 is 24.2 Å². The van der Waals surface area contributed by atoms with Crippen LogP contribution in [0.25, 0.3) is 50.9 Å². The number of hydrogen-bond donors (Lipinski definition) is 0. The number of fused-ring (bicyclic) bond motifs is 3. The Kier molecular flexibility index (Phi) is 27.0. The van der Waals surface area contributed by atoms with Gasteiger partial charge in [0.25, 0.3) is 0 Å². The molecule has 3 atom stereocenters. The Balaban J connectivity index is 0.000000127. The lowest BCUT2D eigenvalue weighted by molar-refractivity contribution is -0.133. The molecule has 18 heterocycles. The van der Waals surface area contributed by atoms with Crippen molar-refractivity contribution in [2.45, 2.75) is 124 Å². The molecule has 12 aliphatic heterocycles. The minimum atomic E-state index is -0.490. The summed E-state index contributed by atoms with van der Waals surface area (Å²) >= 11 is 0. The average Bonchev–Trinajstić information content (AvgIpc) is 1.60. The number of halogens is 2. The first-order valence-corrected chi connectivity index (χ1v) is 51.7. The number of benzene rings is 6. The van der Waals surface area contributed by atoms with Gasteiger partial charge in [-0.15, -0.1) is 0 Å². The van der Waals surface area contributed by atoms with Crippen molar-refractivity contribution in [3.05, 3.63) is 292 Å². The second-order valence-electron chi connectivity index (χ2n) is 41.8. The summed E-state index contributed by atoms with van der Waals surface area (Å²) in [6.07, 6.45) is 23.1. The quantitative estimate of drug-likeness (QED) is 0.0608. The highest BCUT2D eigenvalue weighted by Gasteiger charge is 2.55. The fourth-order valence-electron chi connectivity index (χ4n) is 23.0. The fraction of sp³-hybridized carbons (Fsp3) is 0.374. The fourth-order valence-corrected chi connectivity index (χ4v) is 23.0. The highest BCUT2D eigenvalue weighted by molar-refractivity contribution is 6.18. The van der Waals surface area contributed by atoms with Gasteiger partial charge in [-0.3, -0.25) is 77.5 Å². The number of hydrogen-bond acceptors (Lipinski definition) is 23. The number of aliphatic imine (C=N–C) groups is 3. The molecule has 6 aromatic heterocycles. The number of anilines is 3. The number of aromatic nitrogens is 12. The van der Waals surface area contributed by atoms with Crippen molar-refractivity contribution < 1.29 is 47.0 Å². The van der Waals surface area contributed by atoms with Gasteiger partial charge in [-0.25, -0.2) is 33.7 Å². The molecule has 0 bridgehead atoms. The van der Waals surface area contributed by atoms with Gasteiger partial charge < -0.3 is 38.9 Å². The zero-order valence-electron chi connectivity index (χ0n) is 85.3. The number of aryl methyl sites for hydroxylation is 4. The Morgan fingerprint density at radius 2 is 0.705 bits per heavy atom. The smallest absolute Gasteiger partial charge is 0.237 e. The molecule has 3 spiro atoms. The van der Waals surface area contributed by atoms with Gasteiger partial charge >= 0.3 is 0 Å². The van der Waals surface area contributed by atoms with Crippen molar-refractivity contribution in [3.63, 3.8) is 0 Å². The second kappa shape index (κ2) is 41.0. The van der Waals surface area contributed by atoms with Crippen LogP contribution in [0.4, 0.5) is 25.8 Å². The lowest BCUT2D eigenvalue weighted by Gasteiger charge is -2.29. The Labute approximate surface area is 863 Å². The number of carbonyl (C=O) groups is 6. The number of ether oxygens (including phenoxy) is 2. The van der Waals surface area contributed by atoms with Gasteiger partial charge in [0.2, 0.25) is 47.2 Å². The maximum absolute atomic E-state index is 15.1. The molecule has 0 aliphatic carbocycles. The van der Waals surface area contributed by atoms with E-state index in [1.807, 2.05) is 144 Å². The summed E-state index contributed by atoms with van der Waals surface area (Å²) in [7, 11) is 5.38. The van der Waals surface area contributed by atoms with E-state index in [1.54, 1.807) is 71.6 Å². The standard InChI is InChI=1S/2C39H41FN8O3.C37H38N8O2/c1-25(2)51-34-9-6-29(21-41-34)36-32-19-30(7-4-28(32)20-42-36)48-17-13-39(38(48)50)12-16-46(23-39)22-35(49)47-14-10-26(11-15-47)31-8-5-27(18-33(31)40)37-43-24-45(3)44-37;1-25(2)51-34-9-6-29(21-41-34)36-32-19-30(7-4-28(32)20-42-36)48-17-13-39(38(48)50)12-16-46(23-39)22-35(49)47-14-10-26(11-15-47)27-5-8-31(33(40)18-27)37-43-24-45(3)44-37;1-25-3-4-30(21-38-25)34-32-19-31(10-9-29(32)20-39-34)45-18-14-37(36(45)47)13-17-43(23-37)22-33(46)44-15-11-27(12-16-44)26-5-7-28(8-6-26)35-40-24-42(2)41-35/h2*4-10,18-19,21,24-25H,11-17,20,22-23H2,1-3H3;3-11,19,21,24H,12-18,20,22-23H2,1-2H3/t2*39-;37-/m000/s1. The van der Waals surface area contributed by atoms with Crippen LogP contribution in [0.5, 0.6) is 11.8 Å². The van der Waals surface area contributed by atoms with E-state index in [0.717, 1.165) is 158 Å². The third-order valence-electron chi connectivity index (χ3n) is 31.2. The number of rotatable bonds is 22. The normalized spacial score (nSPS) is 20.6. The average molecular weight is 2000 g/mol. The number of pyridine rings is 3. The van der Waals surface area contributed by atoms with Crippen molar-refractivity contribution in [2.75, 3.05) is 133 Å². The first-order chi connectivity index (χ1) is 72.2. The summed E-state index contributed by atoms with van der Waals surface area (Å²) in [5.41, 5.74) is 22.0. The molecule has 0 N–H and O–H groups in total. The zero-order chi connectivity index (χ0) is 103. The summed E-state index contributed by atoms with van der Waals surface area (Å²) in [6.45, 7) is 21.8. The molecule has 34 heteroatoms. The Morgan fingerprint density at radius 3 is 1.07 bits per heavy atom. The third kappa shape index (κ3) is 20.2. The Morgan fingerprint density at radius 1 is 0.356 bits per heavy atom. The van der Waals surface area contributed by atoms with Gasteiger partial charge in [0.15, 0.2) is 17.5 Å². The second-order valence-corrected chi connectivity index (χ2v) is 41.8. The van der Waals surface area contributed by atoms with Gasteiger partial charge in [0.05, 0.1) is 90.4 Å². The predicted molar refractivity (Wildman–Crippen MR) is 564 cm³/mol. The molecule has 0 radical (unpaired) electrons. The van der Waals surface area contributed by atoms with E-state index < -0.39 is 16.2 Å². The van der Waals surface area contributed by atoms with Crippen LogP contribution >= 0.6 is 0 Å². The van der Waals surface area contributed by atoms with Crippen LogP contribution in [0.15, 0.2) is 222 Å². The van der Waals surface area contributed by atoms with Gasteiger partial charge in [-0.1, -0.05) is 78.9 Å². The molecule has 6 fully saturated rings. The van der Waals surface area contributed by atoms with E-state index in [2.05, 4.69) is 139 Å². The molecule has 0 unspecified atom stereocenters. The summed E-state index contributed by atoms with van der Waals surface area (Å²) in [4.78, 5) is 141. The molecule has 12 aliphatic rings. The van der Waals surface area contributed by atoms with Gasteiger partial charge in [-0.05, 0) is 235 Å². The van der Waals surface area contributed by atoms with E-state index in [1.165, 1.54) is 28.8 Å². The molecule has 762 valence electrons. The largest absolute Gasteiger partial charge is 0.475 e. The number of likely N-dealkylation sites (tertiary alicyclic amines) is 3. The van der Waals surface area contributed by atoms with Crippen molar-refractivity contribution in [3.8, 4) is 45.9 Å². The van der Waals surface area contributed by atoms with Crippen LogP contribution in [-0.2, 0) is 69.5 Å². The lowest BCUT2D eigenvalue weighted by atomic mass is 9.85. The van der Waals surface area contributed by atoms with E-state index in [-0.39, 0.29) is 72.4 Å². The monoisotopic (exact) mass is 2000 g/mol. The van der Waals surface area contributed by atoms with Crippen LogP contribution in [0.3, 0.4) is 0 Å². The topological polar surface area (TPSA) is 318 Å². The molecule has 6 aromatic carbocycles. The number of amides is 6. The molecule has 6 amide bonds. The van der Waals surface area contributed by atoms with E-state index in [4.69, 9.17) is 24.5 Å². The molecule has 0 saturated carbocycles. The van der Waals surface area contributed by atoms with Crippen LogP contribution in [-0.4, -0.2) is 271 Å². The van der Waals surface area contributed by atoms with E-state index in [0.29, 0.717) is 177 Å². The van der Waals surface area contributed by atoms with Gasteiger partial charge in [-0.2, -0.15) is 15.3 Å². The van der Waals surface area contributed by atoms with Gasteiger partial charge in [0.1, 0.15) is 30.6 Å². The molecule has 6 saturated heterocycles. The molecule has 24 rings (SSSR count). The van der Waals surface area contributed by atoms with Gasteiger partial charge in [0, 0.05) is 203 Å². The van der Waals surface area contributed by atoms with E-state index >= 15 is 4.39 Å². The molecule has 12 aromatic rings. The third-order valence-corrected chi connectivity index (χ3v) is 31.2. The maximum atomic E-state index is 15.1. The predicted octanol–water partition coefficient (Wildman–Crippen LogP) is 14.1. The van der Waals surface area contributed by atoms with Crippen LogP contribution in [0, 0.1) is 34.8 Å². The molecule has 149 heavy (non-hydrogen) atoms. The highest BCUT2D eigenvalue weighted by atomic mass is 19.1. The highest BCUT2D eigenvalue weighted by Crippen LogP contribution is 2.48. The van der Waals surface area contributed by atoms with Crippen LogP contribution in [0.1, 0.15) is 158 Å². The van der Waals surface area contributed by atoms with Crippen LogP contribution in [0.2, 0.25) is 0 Å². The summed E-state index contributed by atoms with van der Waals surface area (Å²) in [5.74, 6) is 2.68. The SMILES string of the molecule is CC(C)Oc1ccc(C2=NCc3ccc(N4CC[C@]5(CCN(CC(=O)N6CC=C(c7ccc(-c8ncn(C)n8)c(F)c7)CC6)C5)C4=O)cc32)cn1.CC(C)Oc1ccc(C2=NCc3ccc(N4CC[C@]5(CCN(CC(=O)N6CC=C(c7ccc(-c8ncn(C)n8)cc7F)CC6)C5)C4=O)cc32)cn1.Cc1ccc(C2=NCc3ccc(N4CC[C@]5(CCN(CC(=O)N6CC=C(c7ccc(-c8ncn(C)n8)cc7)CC6)C5)C4=O)cc32)cn1. The van der Waals surface area contributed by atoms with Crippen molar-refractivity contribution in [1.29, 1.82) is 0 Å². The zero-order valence-corrected chi connectivity index (χ0v) is 85.3. The summed E-state index contributed by atoms with van der Waals surface area (Å²) < 4.78 is 46.3. The van der Waals surface area contributed by atoms with Crippen molar-refractivity contribution in [2.24, 2.45) is 52.4 Å². The minimum absolute atomic E-state index is 0.0328. The molecular weight excluding hydrogens is 1880 g/mol. The molecule has 32 nitrogen and oxygen atoms in total. The maximum Gasteiger partial charge on any atom is 0.237 e. The van der Waals surface area contributed by atoms with E-state index in [9.17, 15) is 33.2 Å². The molecular formula is C115H120F2N24O8. The summed E-state index contributed by atoms with van der Waals surface area (Å²) in [6, 6.07) is 48.9. The van der Waals surface area contributed by atoms with Crippen molar-refractivity contribution >= 4 is 86.4 Å². The first kappa shape index (κ1) is 98.3. The lowest BCUT2D eigenvalue weighted by Crippen LogP contribution is -2.43. The Hall–Kier alpha value is -15.4. The first-order valence-electron chi connectivity index (χ1n) is 51.7. The minimum Gasteiger partial charge on any atom is -0.475 e. The number of nitrogens with zero attached hydrogens (tertiary/aromatic N) is 24. The summed E-state index contributed by atoms with van der Waals surface area (Å²) in [5, 5.41) is 12.8. The number of carbonyl (C=O) groups excluding carboxylic acids is 6. The Bertz CT molecular complexity index is 7450. The van der Waals surface area contributed by atoms with Crippen molar-refractivity contribution in [1.82, 2.24) is 88.6 Å².